The minimum absolute atomic E-state index is 0.162. The molecule has 1 heterocycles. The summed E-state index contributed by atoms with van der Waals surface area (Å²) < 4.78 is 5.55. The Morgan fingerprint density at radius 3 is 2.53 bits per heavy atom. The molecule has 2 aromatic rings. The first-order valence-electron chi connectivity index (χ1n) is 5.46. The van der Waals surface area contributed by atoms with Gasteiger partial charge in [0, 0.05) is 0 Å². The summed E-state index contributed by atoms with van der Waals surface area (Å²) in [5.41, 5.74) is 1.80. The number of aldehydes is 1. The number of ether oxygens (including phenoxy) is 1. The van der Waals surface area contributed by atoms with E-state index in [0.717, 1.165) is 17.0 Å². The third-order valence-electron chi connectivity index (χ3n) is 2.24. The number of nitrogens with zero attached hydrogens (tertiary/aromatic N) is 1. The van der Waals surface area contributed by atoms with Crippen LogP contribution in [-0.4, -0.2) is 22.4 Å². The number of rotatable bonds is 4. The van der Waals surface area contributed by atoms with Crippen molar-refractivity contribution < 1.29 is 9.53 Å². The molecule has 0 saturated heterocycles. The van der Waals surface area contributed by atoms with E-state index in [2.05, 4.69) is 9.97 Å². The molecule has 1 aromatic carbocycles. The van der Waals surface area contributed by atoms with Gasteiger partial charge in [0.05, 0.1) is 18.0 Å². The van der Waals surface area contributed by atoms with Gasteiger partial charge in [-0.3, -0.25) is 4.79 Å². The van der Waals surface area contributed by atoms with Crippen molar-refractivity contribution in [1.82, 2.24) is 9.97 Å². The van der Waals surface area contributed by atoms with E-state index >= 15 is 0 Å². The molecule has 0 fully saturated rings. The van der Waals surface area contributed by atoms with Crippen LogP contribution in [0.3, 0.4) is 0 Å². The summed E-state index contributed by atoms with van der Waals surface area (Å²) in [5, 5.41) is 0. The monoisotopic (exact) mass is 230 g/mol. The first-order valence-corrected chi connectivity index (χ1v) is 5.46. The summed E-state index contributed by atoms with van der Waals surface area (Å²) in [6, 6.07) is 7.66. The van der Waals surface area contributed by atoms with Gasteiger partial charge in [-0.1, -0.05) is 0 Å². The molecular formula is C13H14N2O2. The Labute approximate surface area is 99.7 Å². The molecule has 0 bridgehead atoms. The van der Waals surface area contributed by atoms with E-state index in [9.17, 15) is 4.79 Å². The predicted octanol–water partition coefficient (Wildman–Crippen LogP) is 2.68. The summed E-state index contributed by atoms with van der Waals surface area (Å²) in [6.45, 7) is 3.97. The zero-order chi connectivity index (χ0) is 12.3. The summed E-state index contributed by atoms with van der Waals surface area (Å²) >= 11 is 0. The largest absolute Gasteiger partial charge is 0.491 e. The Bertz CT molecular complexity index is 500. The number of hydrogen-bond donors (Lipinski definition) is 1. The molecule has 1 N–H and O–H groups in total. The summed E-state index contributed by atoms with van der Waals surface area (Å²) in [7, 11) is 0. The van der Waals surface area contributed by atoms with Gasteiger partial charge in [-0.2, -0.15) is 0 Å². The van der Waals surface area contributed by atoms with Crippen molar-refractivity contribution >= 4 is 6.29 Å². The van der Waals surface area contributed by atoms with Gasteiger partial charge in [0.1, 0.15) is 5.75 Å². The Hall–Kier alpha value is -2.10. The van der Waals surface area contributed by atoms with Gasteiger partial charge < -0.3 is 9.72 Å². The third-order valence-corrected chi connectivity index (χ3v) is 2.24. The average Bonchev–Trinajstić information content (AvgIpc) is 2.78. The van der Waals surface area contributed by atoms with E-state index in [-0.39, 0.29) is 6.10 Å². The van der Waals surface area contributed by atoms with Gasteiger partial charge in [0.25, 0.3) is 0 Å². The van der Waals surface area contributed by atoms with Crippen LogP contribution >= 0.6 is 0 Å². The highest BCUT2D eigenvalue weighted by atomic mass is 16.5. The molecule has 0 radical (unpaired) electrons. The normalized spacial score (nSPS) is 10.5. The number of hydrogen-bond acceptors (Lipinski definition) is 3. The molecular weight excluding hydrogens is 216 g/mol. The molecule has 0 spiro atoms. The van der Waals surface area contributed by atoms with Crippen molar-refractivity contribution in [3.63, 3.8) is 0 Å². The van der Waals surface area contributed by atoms with Crippen LogP contribution in [0.5, 0.6) is 5.75 Å². The molecule has 2 rings (SSSR count). The fourth-order valence-electron chi connectivity index (χ4n) is 1.53. The molecule has 0 unspecified atom stereocenters. The van der Waals surface area contributed by atoms with Crippen molar-refractivity contribution in [3.05, 3.63) is 36.3 Å². The maximum Gasteiger partial charge on any atom is 0.185 e. The van der Waals surface area contributed by atoms with Crippen LogP contribution in [0.25, 0.3) is 11.3 Å². The third kappa shape index (κ3) is 2.72. The minimum Gasteiger partial charge on any atom is -0.491 e. The first kappa shape index (κ1) is 11.4. The Morgan fingerprint density at radius 2 is 2.00 bits per heavy atom. The van der Waals surface area contributed by atoms with Gasteiger partial charge in [-0.25, -0.2) is 4.98 Å². The summed E-state index contributed by atoms with van der Waals surface area (Å²) in [6.07, 6.45) is 2.50. The SMILES string of the molecule is CC(C)Oc1ccc(-c2cnc(C=O)[nH]2)cc1. The number of carbonyl (C=O) groups excluding carboxylic acids is 1. The zero-order valence-corrected chi connectivity index (χ0v) is 9.81. The molecule has 1 aromatic heterocycles. The second-order valence-electron chi connectivity index (χ2n) is 3.99. The second kappa shape index (κ2) is 4.82. The average molecular weight is 230 g/mol. The summed E-state index contributed by atoms with van der Waals surface area (Å²) in [4.78, 5) is 17.4. The van der Waals surface area contributed by atoms with Gasteiger partial charge in [-0.05, 0) is 43.7 Å². The van der Waals surface area contributed by atoms with E-state index in [4.69, 9.17) is 4.74 Å². The number of benzene rings is 1. The number of H-pyrrole nitrogens is 1. The Morgan fingerprint density at radius 1 is 1.29 bits per heavy atom. The maximum atomic E-state index is 10.5. The van der Waals surface area contributed by atoms with Crippen LogP contribution in [-0.2, 0) is 0 Å². The second-order valence-corrected chi connectivity index (χ2v) is 3.99. The van der Waals surface area contributed by atoms with Crippen molar-refractivity contribution in [3.8, 4) is 17.0 Å². The van der Waals surface area contributed by atoms with Crippen molar-refractivity contribution in [2.24, 2.45) is 0 Å². The highest BCUT2D eigenvalue weighted by molar-refractivity contribution is 5.71. The van der Waals surface area contributed by atoms with Crippen LogP contribution in [0, 0.1) is 0 Å². The van der Waals surface area contributed by atoms with Crippen LogP contribution < -0.4 is 4.74 Å². The lowest BCUT2D eigenvalue weighted by molar-refractivity contribution is 0.111. The quantitative estimate of drug-likeness (QED) is 0.821. The van der Waals surface area contributed by atoms with Gasteiger partial charge >= 0.3 is 0 Å². The van der Waals surface area contributed by atoms with Crippen molar-refractivity contribution in [2.75, 3.05) is 0 Å². The van der Waals surface area contributed by atoms with E-state index in [1.54, 1.807) is 6.20 Å². The topological polar surface area (TPSA) is 55.0 Å². The van der Waals surface area contributed by atoms with Crippen LogP contribution in [0.15, 0.2) is 30.5 Å². The van der Waals surface area contributed by atoms with Crippen molar-refractivity contribution in [1.29, 1.82) is 0 Å². The molecule has 0 aliphatic carbocycles. The van der Waals surface area contributed by atoms with Crippen LogP contribution in [0.4, 0.5) is 0 Å². The van der Waals surface area contributed by atoms with E-state index < -0.39 is 0 Å². The number of nitrogens with one attached hydrogen (secondary N) is 1. The van der Waals surface area contributed by atoms with Crippen molar-refractivity contribution in [2.45, 2.75) is 20.0 Å². The minimum atomic E-state index is 0.162. The van der Waals surface area contributed by atoms with Crippen LogP contribution in [0.1, 0.15) is 24.5 Å². The lowest BCUT2D eigenvalue weighted by Gasteiger charge is -2.09. The Balaban J connectivity index is 2.19. The van der Waals surface area contributed by atoms with Gasteiger partial charge in [-0.15, -0.1) is 0 Å². The molecule has 88 valence electrons. The first-order chi connectivity index (χ1) is 8.19. The fraction of sp³-hybridized carbons (Fsp3) is 0.231. The number of aromatic amines is 1. The highest BCUT2D eigenvalue weighted by Gasteiger charge is 2.03. The fourth-order valence-corrected chi connectivity index (χ4v) is 1.53. The lowest BCUT2D eigenvalue weighted by atomic mass is 10.1. The molecule has 0 atom stereocenters. The molecule has 17 heavy (non-hydrogen) atoms. The molecule has 0 amide bonds. The number of imidazole rings is 1. The molecule has 4 nitrogen and oxygen atoms in total. The Kier molecular flexibility index (Phi) is 3.23. The van der Waals surface area contributed by atoms with E-state index in [1.165, 1.54) is 0 Å². The standard InChI is InChI=1S/C13H14N2O2/c1-9(2)17-11-5-3-10(4-6-11)12-7-14-13(8-16)15-12/h3-9H,1-2H3,(H,14,15). The predicted molar refractivity (Wildman–Crippen MR) is 65.2 cm³/mol. The van der Waals surface area contributed by atoms with Gasteiger partial charge in [0.15, 0.2) is 12.1 Å². The molecule has 0 aliphatic rings. The molecule has 0 saturated carbocycles. The smallest absolute Gasteiger partial charge is 0.185 e. The van der Waals surface area contributed by atoms with E-state index in [1.807, 2.05) is 38.1 Å². The summed E-state index contributed by atoms with van der Waals surface area (Å²) in [5.74, 6) is 1.17. The lowest BCUT2D eigenvalue weighted by Crippen LogP contribution is -2.05. The van der Waals surface area contributed by atoms with Crippen LogP contribution in [0.2, 0.25) is 0 Å². The molecule has 4 heteroatoms. The number of aromatic nitrogens is 2. The molecule has 0 aliphatic heterocycles. The van der Waals surface area contributed by atoms with E-state index in [0.29, 0.717) is 12.1 Å². The number of carbonyl (C=O) groups is 1. The van der Waals surface area contributed by atoms with Gasteiger partial charge in [0.2, 0.25) is 0 Å². The maximum absolute atomic E-state index is 10.5. The highest BCUT2D eigenvalue weighted by Crippen LogP contribution is 2.21. The zero-order valence-electron chi connectivity index (χ0n) is 9.81.